The summed E-state index contributed by atoms with van der Waals surface area (Å²) in [4.78, 5) is 0. The molecule has 0 amide bonds. The molecule has 0 saturated carbocycles. The molecule has 0 heterocycles. The topological polar surface area (TPSA) is 64.6 Å². The van der Waals surface area contributed by atoms with Crippen LogP contribution in [0, 0.1) is 6.92 Å². The average molecular weight is 502 g/mol. The summed E-state index contributed by atoms with van der Waals surface area (Å²) in [6.45, 7) is 1.98. The number of rotatable bonds is 7. The zero-order valence-corrected chi connectivity index (χ0v) is 19.7. The van der Waals surface area contributed by atoms with Crippen molar-refractivity contribution in [2.75, 3.05) is 17.6 Å². The molecule has 4 aromatic carbocycles. The van der Waals surface area contributed by atoms with Crippen molar-refractivity contribution in [1.29, 1.82) is 0 Å². The molecule has 0 saturated heterocycles. The van der Waals surface area contributed by atoms with E-state index in [0.29, 0.717) is 17.2 Å². The number of sulfonamides is 1. The highest BCUT2D eigenvalue weighted by Gasteiger charge is 2.35. The Bertz CT molecular complexity index is 1450. The minimum Gasteiger partial charge on any atom is -0.497 e. The van der Waals surface area contributed by atoms with Crippen LogP contribution >= 0.6 is 0 Å². The predicted octanol–water partition coefficient (Wildman–Crippen LogP) is 6.92. The number of anilines is 1. The lowest BCUT2D eigenvalue weighted by molar-refractivity contribution is -0.106. The second-order valence-electron chi connectivity index (χ2n) is 7.95. The van der Waals surface area contributed by atoms with E-state index in [1.54, 1.807) is 7.11 Å². The van der Waals surface area contributed by atoms with Gasteiger partial charge in [-0.1, -0.05) is 36.4 Å². The monoisotopic (exact) mass is 501 g/mol. The van der Waals surface area contributed by atoms with Gasteiger partial charge in [0.05, 0.1) is 7.11 Å². The minimum atomic E-state index is -4.84. The standard InChI is InChI=1S/C26H22F3NO4S/c1-17-14-19-15-22(33-2)12-13-23(19)25(24(17)18-6-4-3-5-7-18)34-21-10-8-20(9-11-21)30-35(31,32)16-26(27,28)29/h3-15,30H,16H2,1-2H3. The van der Waals surface area contributed by atoms with Crippen molar-refractivity contribution in [3.05, 3.63) is 84.4 Å². The SMILES string of the molecule is COc1ccc2c(Oc3ccc(NS(=O)(=O)CC(F)(F)F)cc3)c(-c3ccccc3)c(C)cc2c1. The largest absolute Gasteiger partial charge is 0.497 e. The zero-order valence-electron chi connectivity index (χ0n) is 18.9. The summed E-state index contributed by atoms with van der Waals surface area (Å²) >= 11 is 0. The summed E-state index contributed by atoms with van der Waals surface area (Å²) in [7, 11) is -2.98. The lowest BCUT2D eigenvalue weighted by Crippen LogP contribution is -2.27. The van der Waals surface area contributed by atoms with Crippen molar-refractivity contribution in [3.8, 4) is 28.4 Å². The van der Waals surface area contributed by atoms with Crippen LogP contribution in [0.15, 0.2) is 78.9 Å². The van der Waals surface area contributed by atoms with E-state index in [9.17, 15) is 21.6 Å². The fraction of sp³-hybridized carbons (Fsp3) is 0.154. The maximum atomic E-state index is 12.5. The number of fused-ring (bicyclic) bond motifs is 1. The molecular formula is C26H22F3NO4S. The van der Waals surface area contributed by atoms with Crippen LogP contribution in [0.25, 0.3) is 21.9 Å². The second kappa shape index (κ2) is 9.50. The summed E-state index contributed by atoms with van der Waals surface area (Å²) in [6, 6.07) is 23.1. The number of methoxy groups -OCH3 is 1. The van der Waals surface area contributed by atoms with E-state index in [1.165, 1.54) is 24.3 Å². The molecule has 0 aromatic heterocycles. The minimum absolute atomic E-state index is 0.00344. The number of alkyl halides is 3. The fourth-order valence-corrected chi connectivity index (χ4v) is 4.82. The van der Waals surface area contributed by atoms with Gasteiger partial charge in [0.1, 0.15) is 17.2 Å². The third-order valence-corrected chi connectivity index (χ3v) is 6.51. The van der Waals surface area contributed by atoms with E-state index >= 15 is 0 Å². The Morgan fingerprint density at radius 3 is 2.17 bits per heavy atom. The van der Waals surface area contributed by atoms with Gasteiger partial charge >= 0.3 is 6.18 Å². The van der Waals surface area contributed by atoms with Crippen LogP contribution in [-0.2, 0) is 10.0 Å². The third kappa shape index (κ3) is 5.86. The van der Waals surface area contributed by atoms with Crippen LogP contribution in [0.5, 0.6) is 17.2 Å². The van der Waals surface area contributed by atoms with Gasteiger partial charge in [-0.3, -0.25) is 4.72 Å². The highest BCUT2D eigenvalue weighted by atomic mass is 32.2. The van der Waals surface area contributed by atoms with E-state index in [-0.39, 0.29) is 5.69 Å². The summed E-state index contributed by atoms with van der Waals surface area (Å²) in [6.07, 6.45) is -4.84. The van der Waals surface area contributed by atoms with Crippen LogP contribution in [0.3, 0.4) is 0 Å². The number of ether oxygens (including phenoxy) is 2. The van der Waals surface area contributed by atoms with Crippen molar-refractivity contribution in [1.82, 2.24) is 0 Å². The van der Waals surface area contributed by atoms with E-state index in [0.717, 1.165) is 27.5 Å². The number of hydrogen-bond donors (Lipinski definition) is 1. The van der Waals surface area contributed by atoms with Gasteiger partial charge in [0.15, 0.2) is 5.75 Å². The van der Waals surface area contributed by atoms with Crippen molar-refractivity contribution in [2.45, 2.75) is 13.1 Å². The van der Waals surface area contributed by atoms with Gasteiger partial charge in [0, 0.05) is 16.6 Å². The van der Waals surface area contributed by atoms with Crippen molar-refractivity contribution < 1.29 is 31.1 Å². The molecule has 0 bridgehead atoms. The number of hydrogen-bond acceptors (Lipinski definition) is 4. The van der Waals surface area contributed by atoms with Crippen LogP contribution in [-0.4, -0.2) is 27.5 Å². The Hall–Kier alpha value is -3.72. The molecule has 5 nitrogen and oxygen atoms in total. The smallest absolute Gasteiger partial charge is 0.404 e. The molecule has 0 aliphatic heterocycles. The van der Waals surface area contributed by atoms with Gasteiger partial charge in [0.25, 0.3) is 0 Å². The molecule has 0 atom stereocenters. The van der Waals surface area contributed by atoms with E-state index in [2.05, 4.69) is 0 Å². The Morgan fingerprint density at radius 1 is 0.886 bits per heavy atom. The maximum absolute atomic E-state index is 12.5. The van der Waals surface area contributed by atoms with E-state index < -0.39 is 22.0 Å². The number of nitrogens with one attached hydrogen (secondary N) is 1. The molecule has 0 radical (unpaired) electrons. The molecule has 1 N–H and O–H groups in total. The van der Waals surface area contributed by atoms with Crippen LogP contribution in [0.2, 0.25) is 0 Å². The normalized spacial score (nSPS) is 11.9. The zero-order chi connectivity index (χ0) is 25.2. The predicted molar refractivity (Wildman–Crippen MR) is 131 cm³/mol. The molecule has 0 aliphatic rings. The second-order valence-corrected chi connectivity index (χ2v) is 9.68. The Kier molecular flexibility index (Phi) is 6.62. The first-order valence-corrected chi connectivity index (χ1v) is 12.2. The lowest BCUT2D eigenvalue weighted by atomic mass is 9.94. The van der Waals surface area contributed by atoms with Gasteiger partial charge < -0.3 is 9.47 Å². The van der Waals surface area contributed by atoms with Crippen LogP contribution in [0.1, 0.15) is 5.56 Å². The number of aryl methyl sites for hydroxylation is 1. The molecule has 35 heavy (non-hydrogen) atoms. The first kappa shape index (κ1) is 24.4. The first-order valence-electron chi connectivity index (χ1n) is 10.6. The number of benzene rings is 4. The quantitative estimate of drug-likeness (QED) is 0.299. The average Bonchev–Trinajstić information content (AvgIpc) is 2.78. The van der Waals surface area contributed by atoms with Crippen molar-refractivity contribution in [3.63, 3.8) is 0 Å². The Labute approximate surface area is 201 Å². The molecule has 0 aliphatic carbocycles. The van der Waals surface area contributed by atoms with Crippen molar-refractivity contribution in [2.24, 2.45) is 0 Å². The van der Waals surface area contributed by atoms with Gasteiger partial charge in [-0.15, -0.1) is 0 Å². The van der Waals surface area contributed by atoms with E-state index in [1.807, 2.05) is 66.2 Å². The molecule has 0 unspecified atom stereocenters. The summed E-state index contributed by atoms with van der Waals surface area (Å²) in [5.74, 6) is -0.272. The Balaban J connectivity index is 1.73. The van der Waals surface area contributed by atoms with Crippen molar-refractivity contribution >= 4 is 26.5 Å². The summed E-state index contributed by atoms with van der Waals surface area (Å²) in [5.41, 5.74) is 2.82. The van der Waals surface area contributed by atoms with Crippen LogP contribution in [0.4, 0.5) is 18.9 Å². The number of halogens is 3. The van der Waals surface area contributed by atoms with Crippen LogP contribution < -0.4 is 14.2 Å². The summed E-state index contributed by atoms with van der Waals surface area (Å²) in [5, 5.41) is 1.75. The highest BCUT2D eigenvalue weighted by molar-refractivity contribution is 7.92. The van der Waals surface area contributed by atoms with Gasteiger partial charge in [0.2, 0.25) is 10.0 Å². The molecule has 4 rings (SSSR count). The fourth-order valence-electron chi connectivity index (χ4n) is 3.82. The maximum Gasteiger partial charge on any atom is 0.404 e. The molecule has 9 heteroatoms. The lowest BCUT2D eigenvalue weighted by Gasteiger charge is -2.18. The van der Waals surface area contributed by atoms with Gasteiger partial charge in [-0.25, -0.2) is 8.42 Å². The molecule has 0 fully saturated rings. The first-order chi connectivity index (χ1) is 16.5. The molecular weight excluding hydrogens is 479 g/mol. The molecule has 4 aromatic rings. The molecule has 182 valence electrons. The van der Waals surface area contributed by atoms with Gasteiger partial charge in [-0.05, 0) is 65.9 Å². The Morgan fingerprint density at radius 2 is 1.54 bits per heavy atom. The van der Waals surface area contributed by atoms with E-state index in [4.69, 9.17) is 9.47 Å². The van der Waals surface area contributed by atoms with Gasteiger partial charge in [-0.2, -0.15) is 13.2 Å². The molecule has 0 spiro atoms. The summed E-state index contributed by atoms with van der Waals surface area (Å²) < 4.78 is 74.6. The third-order valence-electron chi connectivity index (χ3n) is 5.26. The highest BCUT2D eigenvalue weighted by Crippen LogP contribution is 2.43.